The molecule has 4 nitrogen and oxygen atoms in total. The van der Waals surface area contributed by atoms with Gasteiger partial charge in [0.25, 0.3) is 0 Å². The molecule has 0 N–H and O–H groups in total. The molecule has 1 aliphatic heterocycles. The highest BCUT2D eigenvalue weighted by atomic mass is 19.1. The number of carbonyl (C=O) groups excluding carboxylic acids is 1. The summed E-state index contributed by atoms with van der Waals surface area (Å²) in [5, 5.41) is 0. The van der Waals surface area contributed by atoms with E-state index in [1.54, 1.807) is 6.07 Å². The second kappa shape index (κ2) is 7.58. The summed E-state index contributed by atoms with van der Waals surface area (Å²) < 4.78 is 18.6. The molecule has 1 amide bonds. The number of carbonyl (C=O) groups is 1. The predicted octanol–water partition coefficient (Wildman–Crippen LogP) is 2.52. The Morgan fingerprint density at radius 2 is 1.95 bits per heavy atom. The van der Waals surface area contributed by atoms with Crippen LogP contribution >= 0.6 is 0 Å². The molecule has 0 aromatic heterocycles. The lowest BCUT2D eigenvalue weighted by atomic mass is 10.1. The van der Waals surface area contributed by atoms with E-state index in [2.05, 4.69) is 18.7 Å². The van der Waals surface area contributed by atoms with E-state index in [-0.39, 0.29) is 17.5 Å². The van der Waals surface area contributed by atoms with Gasteiger partial charge < -0.3 is 9.64 Å². The molecule has 0 saturated carbocycles. The van der Waals surface area contributed by atoms with Crippen molar-refractivity contribution in [3.63, 3.8) is 0 Å². The fourth-order valence-electron chi connectivity index (χ4n) is 2.70. The Morgan fingerprint density at radius 3 is 2.50 bits per heavy atom. The fraction of sp³-hybridized carbons (Fsp3) is 0.588. The van der Waals surface area contributed by atoms with Gasteiger partial charge in [0, 0.05) is 39.1 Å². The van der Waals surface area contributed by atoms with E-state index in [4.69, 9.17) is 4.74 Å². The molecule has 0 spiro atoms. The molecule has 1 aromatic rings. The van der Waals surface area contributed by atoms with Crippen molar-refractivity contribution in [1.29, 1.82) is 0 Å². The second-order valence-electron chi connectivity index (χ2n) is 6.22. The minimum absolute atomic E-state index is 0.241. The summed E-state index contributed by atoms with van der Waals surface area (Å²) in [6.45, 7) is 8.00. The van der Waals surface area contributed by atoms with Crippen molar-refractivity contribution in [2.45, 2.75) is 26.8 Å². The number of nitrogens with zero attached hydrogens (tertiary/aromatic N) is 2. The van der Waals surface area contributed by atoms with Crippen molar-refractivity contribution in [2.24, 2.45) is 5.92 Å². The van der Waals surface area contributed by atoms with Crippen LogP contribution in [0.4, 0.5) is 4.39 Å². The van der Waals surface area contributed by atoms with Gasteiger partial charge in [-0.05, 0) is 23.6 Å². The van der Waals surface area contributed by atoms with Gasteiger partial charge in [0.05, 0.1) is 7.11 Å². The highest BCUT2D eigenvalue weighted by molar-refractivity contribution is 5.76. The molecule has 0 radical (unpaired) electrons. The number of benzene rings is 1. The van der Waals surface area contributed by atoms with Gasteiger partial charge in [0.1, 0.15) is 0 Å². The lowest BCUT2D eigenvalue weighted by molar-refractivity contribution is -0.133. The Balaban J connectivity index is 1.85. The minimum Gasteiger partial charge on any atom is -0.494 e. The molecule has 1 aromatic carbocycles. The number of rotatable bonds is 5. The number of halogens is 1. The van der Waals surface area contributed by atoms with E-state index in [9.17, 15) is 9.18 Å². The van der Waals surface area contributed by atoms with Crippen LogP contribution in [0.2, 0.25) is 0 Å². The molecule has 0 atom stereocenters. The third-order valence-corrected chi connectivity index (χ3v) is 3.93. The van der Waals surface area contributed by atoms with Gasteiger partial charge in [-0.25, -0.2) is 4.39 Å². The maximum absolute atomic E-state index is 13.7. The number of hydrogen-bond donors (Lipinski definition) is 0. The Morgan fingerprint density at radius 1 is 1.27 bits per heavy atom. The van der Waals surface area contributed by atoms with Gasteiger partial charge >= 0.3 is 0 Å². The average molecular weight is 308 g/mol. The number of methoxy groups -OCH3 is 1. The maximum atomic E-state index is 13.7. The summed E-state index contributed by atoms with van der Waals surface area (Å²) in [6, 6.07) is 5.07. The zero-order valence-electron chi connectivity index (χ0n) is 13.6. The molecule has 122 valence electrons. The van der Waals surface area contributed by atoms with Crippen molar-refractivity contribution in [3.05, 3.63) is 29.6 Å². The van der Waals surface area contributed by atoms with Crippen molar-refractivity contribution < 1.29 is 13.9 Å². The summed E-state index contributed by atoms with van der Waals surface area (Å²) in [6.07, 6.45) is 0.615. The average Bonchev–Trinajstić information content (AvgIpc) is 2.47. The molecular formula is C17H25FN2O2. The Kier molecular flexibility index (Phi) is 5.77. The fourth-order valence-corrected chi connectivity index (χ4v) is 2.70. The first-order valence-corrected chi connectivity index (χ1v) is 7.82. The molecule has 1 fully saturated rings. The van der Waals surface area contributed by atoms with Gasteiger partial charge in [0.15, 0.2) is 11.6 Å². The molecule has 2 rings (SSSR count). The molecule has 0 aliphatic carbocycles. The number of hydrogen-bond acceptors (Lipinski definition) is 3. The number of ether oxygens (including phenoxy) is 1. The Bertz CT molecular complexity index is 511. The molecule has 1 aliphatic rings. The Labute approximate surface area is 131 Å². The van der Waals surface area contributed by atoms with Crippen LogP contribution in [0.15, 0.2) is 18.2 Å². The predicted molar refractivity (Wildman–Crippen MR) is 84.3 cm³/mol. The molecule has 22 heavy (non-hydrogen) atoms. The van der Waals surface area contributed by atoms with Gasteiger partial charge in [-0.1, -0.05) is 19.9 Å². The highest BCUT2D eigenvalue weighted by Gasteiger charge is 2.21. The molecule has 1 heterocycles. The zero-order valence-corrected chi connectivity index (χ0v) is 13.6. The van der Waals surface area contributed by atoms with E-state index < -0.39 is 0 Å². The quantitative estimate of drug-likeness (QED) is 0.838. The monoisotopic (exact) mass is 308 g/mol. The van der Waals surface area contributed by atoms with Gasteiger partial charge in [-0.2, -0.15) is 0 Å². The first kappa shape index (κ1) is 16.7. The molecule has 0 bridgehead atoms. The number of amides is 1. The topological polar surface area (TPSA) is 32.8 Å². The summed E-state index contributed by atoms with van der Waals surface area (Å²) in [4.78, 5) is 16.2. The van der Waals surface area contributed by atoms with E-state index in [1.807, 2.05) is 11.0 Å². The normalized spacial score (nSPS) is 16.1. The van der Waals surface area contributed by atoms with Gasteiger partial charge in [0.2, 0.25) is 5.91 Å². The SMILES string of the molecule is COc1ccc(CN2CCN(C(=O)CC(C)C)CC2)cc1F. The molecule has 1 saturated heterocycles. The van der Waals surface area contributed by atoms with Gasteiger partial charge in [-0.15, -0.1) is 0 Å². The summed E-state index contributed by atoms with van der Waals surface area (Å²) in [7, 11) is 1.46. The zero-order chi connectivity index (χ0) is 16.1. The standard InChI is InChI=1S/C17H25FN2O2/c1-13(2)10-17(21)20-8-6-19(7-9-20)12-14-4-5-16(22-3)15(18)11-14/h4-5,11,13H,6-10,12H2,1-3H3. The van der Waals surface area contributed by atoms with E-state index in [0.29, 0.717) is 18.9 Å². The summed E-state index contributed by atoms with van der Waals surface area (Å²) in [5.74, 6) is 0.580. The second-order valence-corrected chi connectivity index (χ2v) is 6.22. The molecule has 5 heteroatoms. The smallest absolute Gasteiger partial charge is 0.222 e. The van der Waals surface area contributed by atoms with Crippen LogP contribution in [0.25, 0.3) is 0 Å². The summed E-state index contributed by atoms with van der Waals surface area (Å²) in [5.41, 5.74) is 0.931. The van der Waals surface area contributed by atoms with E-state index in [1.165, 1.54) is 13.2 Å². The minimum atomic E-state index is -0.328. The third-order valence-electron chi connectivity index (χ3n) is 3.93. The van der Waals surface area contributed by atoms with Crippen molar-refractivity contribution in [2.75, 3.05) is 33.3 Å². The van der Waals surface area contributed by atoms with Crippen molar-refractivity contribution in [1.82, 2.24) is 9.80 Å². The first-order valence-electron chi connectivity index (χ1n) is 7.82. The van der Waals surface area contributed by atoms with Crippen molar-refractivity contribution in [3.8, 4) is 5.75 Å². The van der Waals surface area contributed by atoms with Crippen molar-refractivity contribution >= 4 is 5.91 Å². The molecule has 0 unspecified atom stereocenters. The van der Waals surface area contributed by atoms with Crippen LogP contribution < -0.4 is 4.74 Å². The van der Waals surface area contributed by atoms with E-state index in [0.717, 1.165) is 31.7 Å². The van der Waals surface area contributed by atoms with Crippen LogP contribution in [0.5, 0.6) is 5.75 Å². The van der Waals surface area contributed by atoms with Crippen LogP contribution in [0, 0.1) is 11.7 Å². The van der Waals surface area contributed by atoms with E-state index >= 15 is 0 Å². The molecular weight excluding hydrogens is 283 g/mol. The van der Waals surface area contributed by atoms with Gasteiger partial charge in [-0.3, -0.25) is 9.69 Å². The maximum Gasteiger partial charge on any atom is 0.222 e. The van der Waals surface area contributed by atoms with Crippen LogP contribution in [-0.2, 0) is 11.3 Å². The third kappa shape index (κ3) is 4.44. The van der Waals surface area contributed by atoms with Crippen LogP contribution in [0.3, 0.4) is 0 Å². The lowest BCUT2D eigenvalue weighted by Gasteiger charge is -2.35. The number of piperazine rings is 1. The Hall–Kier alpha value is -1.62. The first-order chi connectivity index (χ1) is 10.5. The largest absolute Gasteiger partial charge is 0.494 e. The highest BCUT2D eigenvalue weighted by Crippen LogP contribution is 2.19. The summed E-state index contributed by atoms with van der Waals surface area (Å²) >= 11 is 0. The van der Waals surface area contributed by atoms with Crippen LogP contribution in [-0.4, -0.2) is 49.0 Å². The lowest BCUT2D eigenvalue weighted by Crippen LogP contribution is -2.48. The van der Waals surface area contributed by atoms with Crippen LogP contribution in [0.1, 0.15) is 25.8 Å².